The molecule has 0 aliphatic rings. The Morgan fingerprint density at radius 2 is 1.52 bits per heavy atom. The van der Waals surface area contributed by atoms with Gasteiger partial charge in [-0.2, -0.15) is 30.7 Å². The Morgan fingerprint density at radius 3 is 2.05 bits per heavy atom. The fourth-order valence-corrected chi connectivity index (χ4v) is 2.05. The highest BCUT2D eigenvalue weighted by atomic mass is 35.5. The molecule has 0 amide bonds. The maximum atomic E-state index is 13.5. The number of rotatable bonds is 2. The number of halogens is 9. The maximum Gasteiger partial charge on any atom is 0.460 e. The van der Waals surface area contributed by atoms with E-state index in [4.69, 9.17) is 23.2 Å². The van der Waals surface area contributed by atoms with Crippen molar-refractivity contribution in [2.75, 3.05) is 0 Å². The molecule has 0 aliphatic heterocycles. The van der Waals surface area contributed by atoms with Crippen LogP contribution in [0.15, 0.2) is 12.1 Å². The van der Waals surface area contributed by atoms with Gasteiger partial charge in [0.25, 0.3) is 0 Å². The average Bonchev–Trinajstić information content (AvgIpc) is 2.71. The van der Waals surface area contributed by atoms with Crippen LogP contribution in [0.3, 0.4) is 0 Å². The number of aromatic nitrogens is 2. The van der Waals surface area contributed by atoms with E-state index in [2.05, 4.69) is 4.98 Å². The van der Waals surface area contributed by atoms with Gasteiger partial charge in [0.15, 0.2) is 5.82 Å². The predicted molar refractivity (Wildman–Crippen MR) is 61.0 cm³/mol. The van der Waals surface area contributed by atoms with Crippen molar-refractivity contribution in [1.29, 1.82) is 0 Å². The smallest absolute Gasteiger partial charge is 0.337 e. The first kappa shape index (κ1) is 16.2. The average molecular weight is 355 g/mol. The van der Waals surface area contributed by atoms with E-state index in [1.807, 2.05) is 0 Å². The molecule has 0 atom stereocenters. The third kappa shape index (κ3) is 2.42. The highest BCUT2D eigenvalue weighted by molar-refractivity contribution is 6.38. The molecule has 116 valence electrons. The summed E-state index contributed by atoms with van der Waals surface area (Å²) in [5.41, 5.74) is -0.686. The first-order valence-electron chi connectivity index (χ1n) is 5.05. The molecule has 0 aliphatic carbocycles. The van der Waals surface area contributed by atoms with Crippen LogP contribution >= 0.6 is 23.2 Å². The third-order valence-corrected chi connectivity index (χ3v) is 3.06. The lowest BCUT2D eigenvalue weighted by Crippen LogP contribution is -2.50. The molecule has 0 saturated heterocycles. The molecule has 2 rings (SSSR count). The lowest BCUT2D eigenvalue weighted by atomic mass is 10.1. The van der Waals surface area contributed by atoms with Crippen LogP contribution in [0.2, 0.25) is 10.0 Å². The van der Waals surface area contributed by atoms with Crippen molar-refractivity contribution in [3.05, 3.63) is 28.0 Å². The Balaban J connectivity index is 2.63. The molecule has 0 radical (unpaired) electrons. The second-order valence-corrected chi connectivity index (χ2v) is 4.86. The zero-order valence-corrected chi connectivity index (χ0v) is 11.0. The monoisotopic (exact) mass is 354 g/mol. The number of nitrogens with one attached hydrogen (secondary N) is 1. The molecule has 0 bridgehead atoms. The first-order valence-corrected chi connectivity index (χ1v) is 5.81. The third-order valence-electron chi connectivity index (χ3n) is 2.55. The van der Waals surface area contributed by atoms with Gasteiger partial charge in [-0.15, -0.1) is 0 Å². The number of H-pyrrole nitrogens is 1. The largest absolute Gasteiger partial charge is 0.460 e. The van der Waals surface area contributed by atoms with Gasteiger partial charge >= 0.3 is 18.0 Å². The topological polar surface area (TPSA) is 28.7 Å². The molecule has 0 spiro atoms. The molecule has 11 heteroatoms. The van der Waals surface area contributed by atoms with Crippen molar-refractivity contribution in [1.82, 2.24) is 9.97 Å². The van der Waals surface area contributed by atoms with Crippen molar-refractivity contribution in [3.63, 3.8) is 0 Å². The molecule has 2 nitrogen and oxygen atoms in total. The number of hydrogen-bond acceptors (Lipinski definition) is 1. The Kier molecular flexibility index (Phi) is 3.57. The minimum atomic E-state index is -6.45. The zero-order chi connectivity index (χ0) is 16.2. The molecule has 1 aromatic heterocycles. The molecule has 0 saturated carbocycles. The number of fused-ring (bicyclic) bond motifs is 1. The Labute approximate surface area is 121 Å². The maximum absolute atomic E-state index is 13.5. The molecule has 1 aromatic carbocycles. The summed E-state index contributed by atoms with van der Waals surface area (Å²) in [6, 6.07) is 2.09. The van der Waals surface area contributed by atoms with E-state index in [9.17, 15) is 30.7 Å². The molecule has 2 aromatic rings. The number of imidazole rings is 1. The fraction of sp³-hybridized carbons (Fsp3) is 0.300. The minimum Gasteiger partial charge on any atom is -0.337 e. The van der Waals surface area contributed by atoms with E-state index in [0.29, 0.717) is 0 Å². The number of hydrogen-bond donors (Lipinski definition) is 1. The summed E-state index contributed by atoms with van der Waals surface area (Å²) in [4.78, 5) is 4.71. The van der Waals surface area contributed by atoms with E-state index < -0.39 is 29.4 Å². The fourth-order valence-electron chi connectivity index (χ4n) is 1.52. The van der Waals surface area contributed by atoms with Gasteiger partial charge in [-0.3, -0.25) is 0 Å². The highest BCUT2D eigenvalue weighted by Gasteiger charge is 2.74. The summed E-state index contributed by atoms with van der Waals surface area (Å²) in [6.45, 7) is 0. The molecular formula is C10H3Cl2F7N2. The highest BCUT2D eigenvalue weighted by Crippen LogP contribution is 2.51. The van der Waals surface area contributed by atoms with E-state index in [1.165, 1.54) is 0 Å². The molecule has 0 fully saturated rings. The van der Waals surface area contributed by atoms with Crippen molar-refractivity contribution in [2.45, 2.75) is 18.0 Å². The number of nitrogens with zero attached hydrogens (tertiary/aromatic N) is 1. The van der Waals surface area contributed by atoms with Gasteiger partial charge in [0.05, 0.1) is 10.5 Å². The van der Waals surface area contributed by atoms with Gasteiger partial charge in [-0.25, -0.2) is 4.98 Å². The van der Waals surface area contributed by atoms with Crippen LogP contribution in [0.4, 0.5) is 30.7 Å². The van der Waals surface area contributed by atoms with E-state index in [0.717, 1.165) is 12.1 Å². The summed E-state index contributed by atoms with van der Waals surface area (Å²) in [5, 5.41) is -0.306. The summed E-state index contributed by atoms with van der Waals surface area (Å²) in [7, 11) is 0. The minimum absolute atomic E-state index is 0.0337. The van der Waals surface area contributed by atoms with E-state index in [1.54, 1.807) is 4.98 Å². The van der Waals surface area contributed by atoms with Crippen LogP contribution in [0.5, 0.6) is 0 Å². The summed E-state index contributed by atoms with van der Waals surface area (Å²) < 4.78 is 89.0. The molecule has 0 unspecified atom stereocenters. The predicted octanol–water partition coefficient (Wildman–Crippen LogP) is 5.16. The lowest BCUT2D eigenvalue weighted by molar-refractivity contribution is -0.361. The van der Waals surface area contributed by atoms with Crippen molar-refractivity contribution < 1.29 is 30.7 Å². The van der Waals surface area contributed by atoms with Crippen molar-refractivity contribution >= 4 is 34.2 Å². The van der Waals surface area contributed by atoms with Gasteiger partial charge in [-0.05, 0) is 12.1 Å². The number of aromatic amines is 1. The van der Waals surface area contributed by atoms with Crippen LogP contribution in [-0.2, 0) is 5.92 Å². The second kappa shape index (κ2) is 4.64. The van der Waals surface area contributed by atoms with Gasteiger partial charge in [0, 0.05) is 5.02 Å². The van der Waals surface area contributed by atoms with Crippen LogP contribution in [0.1, 0.15) is 5.82 Å². The van der Waals surface area contributed by atoms with Crippen LogP contribution < -0.4 is 0 Å². The normalized spacial score (nSPS) is 14.0. The Bertz CT molecular complexity index is 693. The lowest BCUT2D eigenvalue weighted by Gasteiger charge is -2.26. The summed E-state index contributed by atoms with van der Waals surface area (Å²) >= 11 is 11.2. The van der Waals surface area contributed by atoms with Crippen LogP contribution in [0.25, 0.3) is 11.0 Å². The summed E-state index contributed by atoms with van der Waals surface area (Å²) in [5.74, 6) is -13.8. The summed E-state index contributed by atoms with van der Waals surface area (Å²) in [6.07, 6.45) is -6.45. The van der Waals surface area contributed by atoms with E-state index >= 15 is 0 Å². The molecule has 21 heavy (non-hydrogen) atoms. The SMILES string of the molecule is FC(F)(F)C(F)(F)C(F)(F)c1nc2c(Cl)cc(Cl)cc2[nH]1. The number of benzene rings is 1. The second-order valence-electron chi connectivity index (χ2n) is 4.02. The van der Waals surface area contributed by atoms with Gasteiger partial charge in [-0.1, -0.05) is 23.2 Å². The van der Waals surface area contributed by atoms with Gasteiger partial charge in [0.1, 0.15) is 5.52 Å². The first-order chi connectivity index (χ1) is 9.38. The van der Waals surface area contributed by atoms with Gasteiger partial charge < -0.3 is 4.98 Å². The van der Waals surface area contributed by atoms with Crippen molar-refractivity contribution in [3.8, 4) is 0 Å². The van der Waals surface area contributed by atoms with E-state index in [-0.39, 0.29) is 15.6 Å². The van der Waals surface area contributed by atoms with Crippen LogP contribution in [0, 0.1) is 0 Å². The van der Waals surface area contributed by atoms with Crippen LogP contribution in [-0.4, -0.2) is 22.1 Å². The quantitative estimate of drug-likeness (QED) is 0.741. The Hall–Kier alpha value is -1.22. The standard InChI is InChI=1S/C10H3Cl2F7N2/c11-3-1-4(12)6-5(2-3)20-7(21-6)8(13,14)9(15,16)10(17,18)19/h1-2H,(H,20,21). The molecule has 1 N–H and O–H groups in total. The zero-order valence-electron chi connectivity index (χ0n) is 9.50. The number of alkyl halides is 7. The molecule has 1 heterocycles. The Morgan fingerprint density at radius 1 is 0.952 bits per heavy atom. The molecular weight excluding hydrogens is 352 g/mol. The van der Waals surface area contributed by atoms with Gasteiger partial charge in [0.2, 0.25) is 0 Å². The van der Waals surface area contributed by atoms with Crippen molar-refractivity contribution in [2.24, 2.45) is 0 Å².